The monoisotopic (exact) mass is 369 g/mol. The van der Waals surface area contributed by atoms with Crippen molar-refractivity contribution in [2.24, 2.45) is 0 Å². The topological polar surface area (TPSA) is 27.7 Å². The van der Waals surface area contributed by atoms with Gasteiger partial charge in [0.25, 0.3) is 0 Å². The first-order chi connectivity index (χ1) is 12.5. The van der Waals surface area contributed by atoms with Gasteiger partial charge < -0.3 is 19.9 Å². The van der Waals surface area contributed by atoms with Gasteiger partial charge in [0, 0.05) is 38.1 Å². The van der Waals surface area contributed by atoms with Crippen LogP contribution in [0.2, 0.25) is 0 Å². The first-order valence-corrected chi connectivity index (χ1v) is 9.45. The summed E-state index contributed by atoms with van der Waals surface area (Å²) in [5, 5.41) is 4.06. The normalized spacial score (nSPS) is 14.2. The summed E-state index contributed by atoms with van der Waals surface area (Å²) in [6, 6.07) is 15.1. The van der Waals surface area contributed by atoms with Gasteiger partial charge in [-0.15, -0.1) is 0 Å². The Hall–Kier alpha value is -2.11. The molecule has 26 heavy (non-hydrogen) atoms. The molecule has 2 aromatic carbocycles. The zero-order valence-corrected chi connectivity index (χ0v) is 16.6. The van der Waals surface area contributed by atoms with Crippen LogP contribution < -0.4 is 10.2 Å². The van der Waals surface area contributed by atoms with Crippen LogP contribution in [0.15, 0.2) is 42.5 Å². The summed E-state index contributed by atoms with van der Waals surface area (Å²) in [7, 11) is 2.02. The molecule has 1 N–H and O–H groups in total. The number of thiocarbonyl (C=S) groups is 1. The molecular formula is C21H27N3OS. The quantitative estimate of drug-likeness (QED) is 0.823. The van der Waals surface area contributed by atoms with Crippen LogP contribution >= 0.6 is 12.2 Å². The molecule has 1 heterocycles. The van der Waals surface area contributed by atoms with E-state index in [1.807, 2.05) is 7.05 Å². The number of anilines is 2. The highest BCUT2D eigenvalue weighted by molar-refractivity contribution is 7.80. The molecule has 0 unspecified atom stereocenters. The Balaban J connectivity index is 1.57. The van der Waals surface area contributed by atoms with Gasteiger partial charge in [0.05, 0.1) is 13.2 Å². The number of hydrogen-bond donors (Lipinski definition) is 1. The first kappa shape index (κ1) is 18.7. The van der Waals surface area contributed by atoms with Gasteiger partial charge in [-0.3, -0.25) is 0 Å². The number of aryl methyl sites for hydroxylation is 2. The number of nitrogens with one attached hydrogen (secondary N) is 1. The summed E-state index contributed by atoms with van der Waals surface area (Å²) in [6.07, 6.45) is 0. The van der Waals surface area contributed by atoms with Crippen LogP contribution in [0.25, 0.3) is 0 Å². The number of hydrogen-bond acceptors (Lipinski definition) is 3. The minimum absolute atomic E-state index is 0.727. The maximum absolute atomic E-state index is 5.55. The predicted molar refractivity (Wildman–Crippen MR) is 113 cm³/mol. The van der Waals surface area contributed by atoms with Gasteiger partial charge in [0.2, 0.25) is 0 Å². The van der Waals surface area contributed by atoms with Gasteiger partial charge in [-0.25, -0.2) is 0 Å². The van der Waals surface area contributed by atoms with E-state index in [1.165, 1.54) is 22.4 Å². The molecule has 1 aliphatic rings. The van der Waals surface area contributed by atoms with Crippen LogP contribution in [0.5, 0.6) is 0 Å². The Morgan fingerprint density at radius 2 is 1.77 bits per heavy atom. The molecule has 5 heteroatoms. The Labute approximate surface area is 161 Å². The zero-order valence-electron chi connectivity index (χ0n) is 15.8. The zero-order chi connectivity index (χ0) is 18.5. The Morgan fingerprint density at radius 1 is 1.08 bits per heavy atom. The minimum Gasteiger partial charge on any atom is -0.378 e. The summed E-state index contributed by atoms with van der Waals surface area (Å²) in [4.78, 5) is 4.43. The highest BCUT2D eigenvalue weighted by atomic mass is 32.1. The van der Waals surface area contributed by atoms with Gasteiger partial charge in [0.1, 0.15) is 0 Å². The second kappa shape index (κ2) is 8.52. The summed E-state index contributed by atoms with van der Waals surface area (Å²) in [6.45, 7) is 8.55. The maximum Gasteiger partial charge on any atom is 0.173 e. The van der Waals surface area contributed by atoms with Crippen molar-refractivity contribution in [3.8, 4) is 0 Å². The average molecular weight is 370 g/mol. The second-order valence-corrected chi connectivity index (χ2v) is 7.24. The molecule has 0 saturated carbocycles. The molecule has 2 aromatic rings. The lowest BCUT2D eigenvalue weighted by Gasteiger charge is -2.29. The molecule has 4 nitrogen and oxygen atoms in total. The van der Waals surface area contributed by atoms with E-state index >= 15 is 0 Å². The molecular weight excluding hydrogens is 342 g/mol. The molecule has 0 amide bonds. The highest BCUT2D eigenvalue weighted by Crippen LogP contribution is 2.18. The van der Waals surface area contributed by atoms with Crippen molar-refractivity contribution >= 4 is 28.7 Å². The van der Waals surface area contributed by atoms with Crippen molar-refractivity contribution < 1.29 is 4.74 Å². The number of benzene rings is 2. The molecule has 1 fully saturated rings. The van der Waals surface area contributed by atoms with Gasteiger partial charge in [-0.05, 0) is 67.0 Å². The average Bonchev–Trinajstić information content (AvgIpc) is 2.66. The number of nitrogens with zero attached hydrogens (tertiary/aromatic N) is 2. The highest BCUT2D eigenvalue weighted by Gasteiger charge is 2.11. The van der Waals surface area contributed by atoms with Crippen molar-refractivity contribution in [2.75, 3.05) is 43.6 Å². The third kappa shape index (κ3) is 4.74. The fraction of sp³-hybridized carbons (Fsp3) is 0.381. The third-order valence-electron chi connectivity index (χ3n) is 4.84. The number of rotatable bonds is 4. The number of ether oxygens (including phenoxy) is 1. The van der Waals surface area contributed by atoms with Crippen LogP contribution in [0.3, 0.4) is 0 Å². The second-order valence-electron chi connectivity index (χ2n) is 6.85. The molecule has 0 spiro atoms. The third-order valence-corrected chi connectivity index (χ3v) is 5.25. The van der Waals surface area contributed by atoms with E-state index in [4.69, 9.17) is 17.0 Å². The van der Waals surface area contributed by atoms with Gasteiger partial charge in [0.15, 0.2) is 5.11 Å². The van der Waals surface area contributed by atoms with E-state index in [2.05, 4.69) is 71.4 Å². The Kier molecular flexibility index (Phi) is 6.12. The number of morpholine rings is 1. The fourth-order valence-electron chi connectivity index (χ4n) is 3.02. The Morgan fingerprint density at radius 3 is 2.42 bits per heavy atom. The van der Waals surface area contributed by atoms with E-state index in [1.54, 1.807) is 0 Å². The van der Waals surface area contributed by atoms with Crippen molar-refractivity contribution in [2.45, 2.75) is 20.4 Å². The van der Waals surface area contributed by atoms with Crippen molar-refractivity contribution in [3.63, 3.8) is 0 Å². The van der Waals surface area contributed by atoms with Crippen molar-refractivity contribution in [1.29, 1.82) is 0 Å². The Bertz CT molecular complexity index is 754. The standard InChI is InChI=1S/C21H27N3OS/c1-16-4-7-19(14-17(16)2)22-21(26)23(3)15-18-5-8-20(9-6-18)24-10-12-25-13-11-24/h4-9,14H,10-13,15H2,1-3H3,(H,22,26). The SMILES string of the molecule is Cc1ccc(NC(=S)N(C)Cc2ccc(N3CCOCC3)cc2)cc1C. The van der Waals surface area contributed by atoms with Crippen molar-refractivity contribution in [1.82, 2.24) is 4.90 Å². The molecule has 1 aliphatic heterocycles. The van der Waals surface area contributed by atoms with E-state index in [-0.39, 0.29) is 0 Å². The molecule has 1 saturated heterocycles. The van der Waals surface area contributed by atoms with E-state index in [9.17, 15) is 0 Å². The molecule has 138 valence electrons. The first-order valence-electron chi connectivity index (χ1n) is 9.04. The predicted octanol–water partition coefficient (Wildman–Crippen LogP) is 3.97. The lowest BCUT2D eigenvalue weighted by Crippen LogP contribution is -2.36. The molecule has 0 aromatic heterocycles. The van der Waals surface area contributed by atoms with Crippen LogP contribution in [-0.2, 0) is 11.3 Å². The minimum atomic E-state index is 0.727. The summed E-state index contributed by atoms with van der Waals surface area (Å²) in [5.41, 5.74) is 6.09. The summed E-state index contributed by atoms with van der Waals surface area (Å²) in [5.74, 6) is 0. The molecule has 0 aliphatic carbocycles. The lowest BCUT2D eigenvalue weighted by atomic mass is 10.1. The van der Waals surface area contributed by atoms with E-state index < -0.39 is 0 Å². The van der Waals surface area contributed by atoms with E-state index in [0.717, 1.165) is 43.6 Å². The summed E-state index contributed by atoms with van der Waals surface area (Å²) < 4.78 is 5.42. The molecule has 0 bridgehead atoms. The van der Waals surface area contributed by atoms with Crippen molar-refractivity contribution in [3.05, 3.63) is 59.2 Å². The largest absolute Gasteiger partial charge is 0.378 e. The van der Waals surface area contributed by atoms with Crippen LogP contribution in [0.4, 0.5) is 11.4 Å². The smallest absolute Gasteiger partial charge is 0.173 e. The van der Waals surface area contributed by atoms with E-state index in [0.29, 0.717) is 0 Å². The van der Waals surface area contributed by atoms with Gasteiger partial charge >= 0.3 is 0 Å². The van der Waals surface area contributed by atoms with Crippen LogP contribution in [-0.4, -0.2) is 43.4 Å². The lowest BCUT2D eigenvalue weighted by molar-refractivity contribution is 0.122. The fourth-order valence-corrected chi connectivity index (χ4v) is 3.20. The molecule has 3 rings (SSSR count). The van der Waals surface area contributed by atoms with Crippen LogP contribution in [0, 0.1) is 13.8 Å². The summed E-state index contributed by atoms with van der Waals surface area (Å²) >= 11 is 5.55. The van der Waals surface area contributed by atoms with Gasteiger partial charge in [-0.1, -0.05) is 18.2 Å². The molecule has 0 radical (unpaired) electrons. The molecule has 0 atom stereocenters. The van der Waals surface area contributed by atoms with Crippen LogP contribution in [0.1, 0.15) is 16.7 Å². The maximum atomic E-state index is 5.55. The van der Waals surface area contributed by atoms with Gasteiger partial charge in [-0.2, -0.15) is 0 Å².